The third kappa shape index (κ3) is 3.22. The van der Waals surface area contributed by atoms with Crippen molar-refractivity contribution in [3.05, 3.63) is 41.8 Å². The Balaban J connectivity index is 1.57. The van der Waals surface area contributed by atoms with E-state index in [9.17, 15) is 4.79 Å². The average molecular weight is 340 g/mol. The lowest BCUT2D eigenvalue weighted by atomic mass is 9.95. The second kappa shape index (κ2) is 6.58. The molecule has 4 rings (SSSR count). The van der Waals surface area contributed by atoms with Gasteiger partial charge in [-0.05, 0) is 31.9 Å². The molecule has 1 saturated carbocycles. The molecule has 25 heavy (non-hydrogen) atoms. The topological polar surface area (TPSA) is 81.7 Å². The van der Waals surface area contributed by atoms with Gasteiger partial charge in [0.1, 0.15) is 11.5 Å². The molecule has 7 heteroatoms. The fraction of sp³-hybridized carbons (Fsp3) is 0.389. The number of amides is 1. The quantitative estimate of drug-likeness (QED) is 0.786. The van der Waals surface area contributed by atoms with Crippen LogP contribution in [0.2, 0.25) is 0 Å². The average Bonchev–Trinajstić information content (AvgIpc) is 3.12. The van der Waals surface area contributed by atoms with Crippen LogP contribution >= 0.6 is 0 Å². The van der Waals surface area contributed by atoms with Gasteiger partial charge in [-0.15, -0.1) is 10.1 Å². The highest BCUT2D eigenvalue weighted by molar-refractivity contribution is 5.94. The number of nitrogens with zero attached hydrogens (tertiary/aromatic N) is 3. The number of aryl methyl sites for hydroxylation is 1. The number of carbonyl (C=O) groups is 1. The first-order chi connectivity index (χ1) is 12.2. The molecule has 3 aromatic rings. The van der Waals surface area contributed by atoms with Crippen LogP contribution in [0.15, 0.2) is 34.7 Å². The van der Waals surface area contributed by atoms with Gasteiger partial charge in [-0.25, -0.2) is 0 Å². The van der Waals surface area contributed by atoms with Crippen LogP contribution in [0.4, 0.5) is 0 Å². The Hall–Kier alpha value is -2.83. The summed E-state index contributed by atoms with van der Waals surface area (Å²) in [7, 11) is 0. The monoisotopic (exact) mass is 340 g/mol. The molecule has 0 spiro atoms. The number of para-hydroxylation sites is 1. The van der Waals surface area contributed by atoms with E-state index >= 15 is 0 Å². The molecule has 0 saturated heterocycles. The summed E-state index contributed by atoms with van der Waals surface area (Å²) in [5.41, 5.74) is 0.371. The lowest BCUT2D eigenvalue weighted by Gasteiger charge is -2.22. The number of aromatic nitrogens is 3. The molecule has 2 heterocycles. The van der Waals surface area contributed by atoms with E-state index in [0.29, 0.717) is 17.2 Å². The fourth-order valence-electron chi connectivity index (χ4n) is 3.22. The van der Waals surface area contributed by atoms with Gasteiger partial charge in [0.2, 0.25) is 0 Å². The minimum absolute atomic E-state index is 0.150. The Morgan fingerprint density at radius 1 is 1.24 bits per heavy atom. The Morgan fingerprint density at radius 3 is 2.76 bits per heavy atom. The number of hydrogen-bond donors (Lipinski definition) is 1. The zero-order valence-electron chi connectivity index (χ0n) is 14.1. The van der Waals surface area contributed by atoms with Crippen LogP contribution in [0.5, 0.6) is 11.8 Å². The number of fused-ring (bicyclic) bond motifs is 1. The molecule has 2 aromatic heterocycles. The Kier molecular flexibility index (Phi) is 4.13. The van der Waals surface area contributed by atoms with E-state index in [-0.39, 0.29) is 23.8 Å². The van der Waals surface area contributed by atoms with E-state index in [1.807, 2.05) is 30.3 Å². The molecule has 1 aromatic carbocycles. The van der Waals surface area contributed by atoms with E-state index in [1.54, 1.807) is 6.92 Å². The molecule has 0 aliphatic heterocycles. The third-order valence-corrected chi connectivity index (χ3v) is 4.46. The molecule has 130 valence electrons. The van der Waals surface area contributed by atoms with Gasteiger partial charge in [-0.3, -0.25) is 4.79 Å². The van der Waals surface area contributed by atoms with Crippen molar-refractivity contribution >= 4 is 11.8 Å². The maximum Gasteiger partial charge on any atom is 0.344 e. The van der Waals surface area contributed by atoms with Gasteiger partial charge in [-0.2, -0.15) is 4.52 Å². The lowest BCUT2D eigenvalue weighted by Crippen LogP contribution is -2.37. The van der Waals surface area contributed by atoms with Crippen molar-refractivity contribution in [3.8, 4) is 11.8 Å². The predicted molar refractivity (Wildman–Crippen MR) is 90.8 cm³/mol. The largest absolute Gasteiger partial charge is 0.426 e. The van der Waals surface area contributed by atoms with Gasteiger partial charge in [0, 0.05) is 6.04 Å². The number of oxazole rings is 1. The van der Waals surface area contributed by atoms with Crippen LogP contribution in [-0.2, 0) is 0 Å². The smallest absolute Gasteiger partial charge is 0.344 e. The zero-order chi connectivity index (χ0) is 17.2. The van der Waals surface area contributed by atoms with Gasteiger partial charge in [0.25, 0.3) is 5.91 Å². The van der Waals surface area contributed by atoms with Gasteiger partial charge < -0.3 is 14.5 Å². The normalized spacial score (nSPS) is 15.4. The summed E-state index contributed by atoms with van der Waals surface area (Å²) in [6, 6.07) is 9.61. The zero-order valence-corrected chi connectivity index (χ0v) is 14.1. The van der Waals surface area contributed by atoms with E-state index < -0.39 is 0 Å². The van der Waals surface area contributed by atoms with Crippen LogP contribution in [0.3, 0.4) is 0 Å². The molecule has 1 fully saturated rings. The number of carbonyl (C=O) groups excluding carboxylic acids is 1. The summed E-state index contributed by atoms with van der Waals surface area (Å²) < 4.78 is 12.6. The third-order valence-electron chi connectivity index (χ3n) is 4.46. The molecular formula is C18H20N4O3. The molecule has 1 aliphatic carbocycles. The molecule has 1 amide bonds. The van der Waals surface area contributed by atoms with Crippen LogP contribution in [0.1, 0.15) is 48.4 Å². The van der Waals surface area contributed by atoms with Crippen LogP contribution < -0.4 is 10.1 Å². The van der Waals surface area contributed by atoms with Crippen molar-refractivity contribution in [1.29, 1.82) is 0 Å². The Labute approximate surface area is 145 Å². The first kappa shape index (κ1) is 15.7. The second-order valence-corrected chi connectivity index (χ2v) is 6.32. The molecule has 0 bridgehead atoms. The summed E-state index contributed by atoms with van der Waals surface area (Å²) in [6.45, 7) is 1.74. The summed E-state index contributed by atoms with van der Waals surface area (Å²) in [5, 5.41) is 7.36. The second-order valence-electron chi connectivity index (χ2n) is 6.32. The van der Waals surface area contributed by atoms with E-state index in [0.717, 1.165) is 25.7 Å². The van der Waals surface area contributed by atoms with Crippen LogP contribution in [0.25, 0.3) is 5.84 Å². The van der Waals surface area contributed by atoms with E-state index in [2.05, 4.69) is 15.4 Å². The molecule has 0 radical (unpaired) electrons. The minimum atomic E-state index is -0.181. The van der Waals surface area contributed by atoms with E-state index in [4.69, 9.17) is 9.15 Å². The molecule has 1 N–H and O–H groups in total. The standard InChI is InChI=1S/C18H20N4O3/c1-12-15(16(23)19-13-8-4-2-5-9-13)22-18(24-12)20-17(21-22)25-14-10-6-3-7-11-14/h3,6-7,10-11,13H,2,4-5,8-9H2,1H3,(H,19,23). The highest BCUT2D eigenvalue weighted by Crippen LogP contribution is 2.22. The highest BCUT2D eigenvalue weighted by Gasteiger charge is 2.25. The summed E-state index contributed by atoms with van der Waals surface area (Å²) in [5.74, 6) is 1.19. The molecule has 7 nitrogen and oxygen atoms in total. The van der Waals surface area contributed by atoms with Gasteiger partial charge in [-0.1, -0.05) is 37.5 Å². The summed E-state index contributed by atoms with van der Waals surface area (Å²) >= 11 is 0. The van der Waals surface area contributed by atoms with Crippen molar-refractivity contribution in [1.82, 2.24) is 19.9 Å². The number of nitrogens with one attached hydrogen (secondary N) is 1. The fourth-order valence-corrected chi connectivity index (χ4v) is 3.22. The van der Waals surface area contributed by atoms with Gasteiger partial charge >= 0.3 is 11.9 Å². The van der Waals surface area contributed by atoms with Gasteiger partial charge in [0.15, 0.2) is 5.69 Å². The van der Waals surface area contributed by atoms with Crippen molar-refractivity contribution < 1.29 is 13.9 Å². The first-order valence-corrected chi connectivity index (χ1v) is 8.60. The van der Waals surface area contributed by atoms with Crippen LogP contribution in [0, 0.1) is 6.92 Å². The SMILES string of the molecule is Cc1oc2nc(Oc3ccccc3)nn2c1C(=O)NC1CCCCC1. The van der Waals surface area contributed by atoms with Crippen molar-refractivity contribution in [2.75, 3.05) is 0 Å². The molecular weight excluding hydrogens is 320 g/mol. The lowest BCUT2D eigenvalue weighted by molar-refractivity contribution is 0.0919. The van der Waals surface area contributed by atoms with Gasteiger partial charge in [0.05, 0.1) is 0 Å². The van der Waals surface area contributed by atoms with Crippen molar-refractivity contribution in [2.24, 2.45) is 0 Å². The minimum Gasteiger partial charge on any atom is -0.426 e. The number of hydrogen-bond acceptors (Lipinski definition) is 5. The summed E-state index contributed by atoms with van der Waals surface area (Å²) in [4.78, 5) is 16.9. The van der Waals surface area contributed by atoms with Crippen LogP contribution in [-0.4, -0.2) is 26.5 Å². The number of benzene rings is 1. The van der Waals surface area contributed by atoms with Crippen molar-refractivity contribution in [3.63, 3.8) is 0 Å². The maximum absolute atomic E-state index is 12.7. The summed E-state index contributed by atoms with van der Waals surface area (Å²) in [6.07, 6.45) is 5.59. The Bertz CT molecular complexity index is 879. The molecule has 0 unspecified atom stereocenters. The maximum atomic E-state index is 12.7. The predicted octanol–water partition coefficient (Wildman–Crippen LogP) is 3.49. The van der Waals surface area contributed by atoms with E-state index in [1.165, 1.54) is 10.9 Å². The van der Waals surface area contributed by atoms with Crippen molar-refractivity contribution in [2.45, 2.75) is 45.1 Å². The highest BCUT2D eigenvalue weighted by atomic mass is 16.5. The molecule has 1 aliphatic rings. The number of ether oxygens (including phenoxy) is 1. The Morgan fingerprint density at radius 2 is 2.00 bits per heavy atom. The number of rotatable bonds is 4. The first-order valence-electron chi connectivity index (χ1n) is 8.60. The molecule has 0 atom stereocenters.